The Labute approximate surface area is 91.3 Å². The van der Waals surface area contributed by atoms with E-state index in [2.05, 4.69) is 20.1 Å². The van der Waals surface area contributed by atoms with Crippen LogP contribution in [0.25, 0.3) is 0 Å². The van der Waals surface area contributed by atoms with E-state index in [4.69, 9.17) is 0 Å². The van der Waals surface area contributed by atoms with Crippen molar-refractivity contribution in [2.75, 3.05) is 39.3 Å². The minimum Gasteiger partial charge on any atom is -0.354 e. The smallest absolute Gasteiger partial charge is 0.194 e. The quantitative estimate of drug-likeness (QED) is 0.664. The highest BCUT2D eigenvalue weighted by molar-refractivity contribution is 5.81. The van der Waals surface area contributed by atoms with Crippen LogP contribution in [0.4, 0.5) is 0 Å². The average Bonchev–Trinajstić information content (AvgIpc) is 2.69. The van der Waals surface area contributed by atoms with Gasteiger partial charge < -0.3 is 10.2 Å². The molecule has 0 atom stereocenters. The Hall–Kier alpha value is -0.770. The van der Waals surface area contributed by atoms with Gasteiger partial charge in [0.2, 0.25) is 0 Å². The molecule has 1 N–H and O–H groups in total. The maximum absolute atomic E-state index is 4.48. The van der Waals surface area contributed by atoms with Crippen molar-refractivity contribution < 1.29 is 0 Å². The number of nitrogens with one attached hydrogen (secondary N) is 1. The number of piperazine rings is 1. The maximum Gasteiger partial charge on any atom is 0.194 e. The maximum atomic E-state index is 4.48. The van der Waals surface area contributed by atoms with Crippen LogP contribution in [0.1, 0.15) is 19.3 Å². The molecule has 0 aromatic heterocycles. The first kappa shape index (κ1) is 9.46. The average molecular weight is 208 g/mol. The molecule has 0 aromatic rings. The Morgan fingerprint density at radius 1 is 1.13 bits per heavy atom. The summed E-state index contributed by atoms with van der Waals surface area (Å²) in [6, 6.07) is 0.908. The number of nitrogens with zero attached hydrogens (tertiary/aromatic N) is 3. The molecule has 0 unspecified atom stereocenters. The van der Waals surface area contributed by atoms with E-state index < -0.39 is 0 Å². The second-order valence-electron chi connectivity index (χ2n) is 4.74. The van der Waals surface area contributed by atoms with Crippen LogP contribution in [0.2, 0.25) is 0 Å². The Morgan fingerprint density at radius 3 is 2.47 bits per heavy atom. The summed E-state index contributed by atoms with van der Waals surface area (Å²) >= 11 is 0. The van der Waals surface area contributed by atoms with Gasteiger partial charge in [-0.25, -0.2) is 0 Å². The fourth-order valence-electron chi connectivity index (χ4n) is 2.65. The molecule has 3 aliphatic rings. The number of rotatable bonds is 1. The molecule has 1 aliphatic carbocycles. The van der Waals surface area contributed by atoms with Crippen molar-refractivity contribution in [1.29, 1.82) is 0 Å². The van der Waals surface area contributed by atoms with E-state index in [0.717, 1.165) is 38.2 Å². The van der Waals surface area contributed by atoms with Gasteiger partial charge in [-0.2, -0.15) is 0 Å². The summed E-state index contributed by atoms with van der Waals surface area (Å²) in [6.07, 6.45) is 4.30. The summed E-state index contributed by atoms with van der Waals surface area (Å²) < 4.78 is 0. The monoisotopic (exact) mass is 208 g/mol. The van der Waals surface area contributed by atoms with Crippen molar-refractivity contribution in [3.8, 4) is 0 Å². The van der Waals surface area contributed by atoms with Crippen molar-refractivity contribution in [3.05, 3.63) is 0 Å². The van der Waals surface area contributed by atoms with E-state index >= 15 is 0 Å². The van der Waals surface area contributed by atoms with Gasteiger partial charge >= 0.3 is 0 Å². The number of guanidine groups is 1. The van der Waals surface area contributed by atoms with Crippen molar-refractivity contribution in [3.63, 3.8) is 0 Å². The molecule has 15 heavy (non-hydrogen) atoms. The predicted molar refractivity (Wildman–Crippen MR) is 61.1 cm³/mol. The van der Waals surface area contributed by atoms with Crippen LogP contribution in [0, 0.1) is 0 Å². The lowest BCUT2D eigenvalue weighted by molar-refractivity contribution is 0.0846. The predicted octanol–water partition coefficient (Wildman–Crippen LogP) is 0.116. The molecule has 4 heteroatoms. The SMILES string of the molecule is C1CC(N2CCN(C3=NCCN3)CC2)C1. The summed E-state index contributed by atoms with van der Waals surface area (Å²) in [4.78, 5) is 9.54. The second-order valence-corrected chi connectivity index (χ2v) is 4.74. The zero-order chi connectivity index (χ0) is 10.1. The van der Waals surface area contributed by atoms with E-state index in [0.29, 0.717) is 0 Å². The van der Waals surface area contributed by atoms with Crippen LogP contribution in [0.3, 0.4) is 0 Å². The van der Waals surface area contributed by atoms with Crippen molar-refractivity contribution >= 4 is 5.96 Å². The topological polar surface area (TPSA) is 30.9 Å². The zero-order valence-corrected chi connectivity index (χ0v) is 9.28. The van der Waals surface area contributed by atoms with Gasteiger partial charge in [0, 0.05) is 38.8 Å². The van der Waals surface area contributed by atoms with Crippen molar-refractivity contribution in [1.82, 2.24) is 15.1 Å². The molecular formula is C11H20N4. The zero-order valence-electron chi connectivity index (χ0n) is 9.28. The van der Waals surface area contributed by atoms with Gasteiger partial charge in [-0.3, -0.25) is 9.89 Å². The minimum absolute atomic E-state index is 0.908. The first-order valence-electron chi connectivity index (χ1n) is 6.21. The summed E-state index contributed by atoms with van der Waals surface area (Å²) in [5, 5.41) is 3.36. The third-order valence-electron chi connectivity index (χ3n) is 3.86. The first-order chi connectivity index (χ1) is 7.43. The first-order valence-corrected chi connectivity index (χ1v) is 6.21. The summed E-state index contributed by atoms with van der Waals surface area (Å²) in [6.45, 7) is 6.75. The molecule has 0 bridgehead atoms. The van der Waals surface area contributed by atoms with Gasteiger partial charge in [-0.15, -0.1) is 0 Å². The second kappa shape index (κ2) is 4.00. The molecule has 0 amide bonds. The lowest BCUT2D eigenvalue weighted by Crippen LogP contribution is -2.55. The summed E-state index contributed by atoms with van der Waals surface area (Å²) in [7, 11) is 0. The molecule has 2 aliphatic heterocycles. The third kappa shape index (κ3) is 1.83. The highest BCUT2D eigenvalue weighted by Crippen LogP contribution is 2.25. The minimum atomic E-state index is 0.908. The highest BCUT2D eigenvalue weighted by Gasteiger charge is 2.29. The van der Waals surface area contributed by atoms with Gasteiger partial charge in [0.05, 0.1) is 6.54 Å². The van der Waals surface area contributed by atoms with E-state index in [1.54, 1.807) is 0 Å². The van der Waals surface area contributed by atoms with Crippen LogP contribution >= 0.6 is 0 Å². The Bertz CT molecular complexity index is 251. The molecule has 4 nitrogen and oxygen atoms in total. The molecular weight excluding hydrogens is 188 g/mol. The molecule has 1 saturated heterocycles. The fraction of sp³-hybridized carbons (Fsp3) is 0.909. The normalized spacial score (nSPS) is 28.5. The van der Waals surface area contributed by atoms with Gasteiger partial charge in [0.25, 0.3) is 0 Å². The Kier molecular flexibility index (Phi) is 2.52. The van der Waals surface area contributed by atoms with Crippen LogP contribution in [0.15, 0.2) is 4.99 Å². The summed E-state index contributed by atoms with van der Waals surface area (Å²) in [5.74, 6) is 1.14. The fourth-order valence-corrected chi connectivity index (χ4v) is 2.65. The van der Waals surface area contributed by atoms with E-state index in [9.17, 15) is 0 Å². The molecule has 0 radical (unpaired) electrons. The van der Waals surface area contributed by atoms with Gasteiger partial charge in [0.1, 0.15) is 0 Å². The van der Waals surface area contributed by atoms with Gasteiger partial charge in [0.15, 0.2) is 5.96 Å². The van der Waals surface area contributed by atoms with Crippen LogP contribution < -0.4 is 5.32 Å². The van der Waals surface area contributed by atoms with Gasteiger partial charge in [-0.1, -0.05) is 6.42 Å². The van der Waals surface area contributed by atoms with Gasteiger partial charge in [-0.05, 0) is 12.8 Å². The molecule has 1 saturated carbocycles. The molecule has 84 valence electrons. The highest BCUT2D eigenvalue weighted by atomic mass is 15.4. The lowest BCUT2D eigenvalue weighted by atomic mass is 9.91. The van der Waals surface area contributed by atoms with Crippen LogP contribution in [-0.4, -0.2) is 61.1 Å². The molecule has 3 rings (SSSR count). The van der Waals surface area contributed by atoms with E-state index in [1.165, 1.54) is 32.4 Å². The Balaban J connectivity index is 1.51. The number of hydrogen-bond acceptors (Lipinski definition) is 4. The third-order valence-corrected chi connectivity index (χ3v) is 3.86. The van der Waals surface area contributed by atoms with E-state index in [1.807, 2.05) is 0 Å². The molecule has 2 heterocycles. The number of hydrogen-bond donors (Lipinski definition) is 1. The van der Waals surface area contributed by atoms with Crippen LogP contribution in [0.5, 0.6) is 0 Å². The molecule has 0 aromatic carbocycles. The van der Waals surface area contributed by atoms with Crippen molar-refractivity contribution in [2.45, 2.75) is 25.3 Å². The van der Waals surface area contributed by atoms with Crippen LogP contribution in [-0.2, 0) is 0 Å². The van der Waals surface area contributed by atoms with Crippen molar-refractivity contribution in [2.24, 2.45) is 4.99 Å². The van der Waals surface area contributed by atoms with E-state index in [-0.39, 0.29) is 0 Å². The number of aliphatic imine (C=N–C) groups is 1. The largest absolute Gasteiger partial charge is 0.354 e. The molecule has 2 fully saturated rings. The summed E-state index contributed by atoms with van der Waals surface area (Å²) in [5.41, 5.74) is 0. The lowest BCUT2D eigenvalue weighted by Gasteiger charge is -2.43. The molecule has 0 spiro atoms. The Morgan fingerprint density at radius 2 is 1.93 bits per heavy atom. The standard InChI is InChI=1S/C11H20N4/c1-2-10(3-1)14-6-8-15(9-7-14)11-12-4-5-13-11/h10H,1-9H2,(H,12,13).